The predicted octanol–water partition coefficient (Wildman–Crippen LogP) is 1.14. The van der Waals surface area contributed by atoms with Gasteiger partial charge in [-0.2, -0.15) is 0 Å². The van der Waals surface area contributed by atoms with Crippen LogP contribution in [0.25, 0.3) is 0 Å². The third-order valence-electron chi connectivity index (χ3n) is 5.70. The van der Waals surface area contributed by atoms with Crippen LogP contribution in [0.15, 0.2) is 0 Å². The minimum Gasteiger partial charge on any atom is -0.393 e. The molecule has 0 aromatic rings. The standard InChI is InChI=1S/C12H18O2/c1-14-3-2-5-8-6-4-7-9(8)10(7)11(6)12(5)13/h5-13H,2-4H2,1H3. The lowest BCUT2D eigenvalue weighted by Crippen LogP contribution is -2.29. The van der Waals surface area contributed by atoms with Crippen LogP contribution in [0.5, 0.6) is 0 Å². The van der Waals surface area contributed by atoms with Gasteiger partial charge in [-0.15, -0.1) is 0 Å². The van der Waals surface area contributed by atoms with Crippen molar-refractivity contribution in [3.63, 3.8) is 0 Å². The molecule has 0 heterocycles. The molecule has 2 heteroatoms. The summed E-state index contributed by atoms with van der Waals surface area (Å²) in [4.78, 5) is 0. The van der Waals surface area contributed by atoms with Crippen LogP contribution < -0.4 is 0 Å². The van der Waals surface area contributed by atoms with E-state index in [2.05, 4.69) is 0 Å². The fourth-order valence-corrected chi connectivity index (χ4v) is 5.50. The molecule has 8 unspecified atom stereocenters. The molecule has 78 valence electrons. The molecule has 0 aliphatic heterocycles. The van der Waals surface area contributed by atoms with Crippen molar-refractivity contribution in [3.05, 3.63) is 0 Å². The summed E-state index contributed by atoms with van der Waals surface area (Å²) in [6, 6.07) is 0. The second-order valence-corrected chi connectivity index (χ2v) is 5.81. The Bertz CT molecular complexity index is 277. The lowest BCUT2D eigenvalue weighted by atomic mass is 9.84. The average Bonchev–Trinajstić information content (AvgIpc) is 2.59. The van der Waals surface area contributed by atoms with Crippen LogP contribution in [0.1, 0.15) is 12.8 Å². The topological polar surface area (TPSA) is 29.5 Å². The summed E-state index contributed by atoms with van der Waals surface area (Å²) in [7, 11) is 1.76. The van der Waals surface area contributed by atoms with Crippen molar-refractivity contribution in [1.82, 2.24) is 0 Å². The van der Waals surface area contributed by atoms with Gasteiger partial charge in [-0.3, -0.25) is 0 Å². The molecule has 6 bridgehead atoms. The van der Waals surface area contributed by atoms with E-state index in [1.54, 1.807) is 7.11 Å². The second kappa shape index (κ2) is 2.35. The second-order valence-electron chi connectivity index (χ2n) is 5.81. The molecule has 1 N–H and O–H groups in total. The van der Waals surface area contributed by atoms with E-state index in [-0.39, 0.29) is 6.10 Å². The fourth-order valence-electron chi connectivity index (χ4n) is 5.50. The third-order valence-corrected chi connectivity index (χ3v) is 5.70. The first-order valence-corrected chi connectivity index (χ1v) is 6.01. The molecule has 5 saturated carbocycles. The van der Waals surface area contributed by atoms with E-state index in [9.17, 15) is 5.11 Å². The Kier molecular flexibility index (Phi) is 1.37. The van der Waals surface area contributed by atoms with Gasteiger partial charge in [-0.05, 0) is 54.3 Å². The lowest BCUT2D eigenvalue weighted by Gasteiger charge is -2.26. The zero-order valence-corrected chi connectivity index (χ0v) is 8.60. The van der Waals surface area contributed by atoms with Crippen LogP contribution in [0, 0.1) is 41.4 Å². The van der Waals surface area contributed by atoms with Crippen LogP contribution in [0.3, 0.4) is 0 Å². The number of aliphatic hydroxyl groups excluding tert-OH is 1. The van der Waals surface area contributed by atoms with Crippen LogP contribution in [-0.4, -0.2) is 24.9 Å². The first kappa shape index (κ1) is 8.12. The van der Waals surface area contributed by atoms with Gasteiger partial charge in [0, 0.05) is 13.7 Å². The van der Waals surface area contributed by atoms with Crippen molar-refractivity contribution in [1.29, 1.82) is 0 Å². The lowest BCUT2D eigenvalue weighted by molar-refractivity contribution is 0.0356. The zero-order chi connectivity index (χ0) is 9.45. The van der Waals surface area contributed by atoms with Gasteiger partial charge in [0.05, 0.1) is 6.10 Å². The quantitative estimate of drug-likeness (QED) is 0.730. The van der Waals surface area contributed by atoms with E-state index >= 15 is 0 Å². The number of aliphatic hydroxyl groups is 1. The summed E-state index contributed by atoms with van der Waals surface area (Å²) >= 11 is 0. The largest absolute Gasteiger partial charge is 0.393 e. The molecule has 5 aliphatic rings. The SMILES string of the molecule is COCCC1C(O)C2C3CC4C2C4C13. The Labute approximate surface area is 84.6 Å². The van der Waals surface area contributed by atoms with E-state index in [1.807, 2.05) is 0 Å². The summed E-state index contributed by atoms with van der Waals surface area (Å²) in [5.74, 6) is 6.12. The molecule has 5 fully saturated rings. The van der Waals surface area contributed by atoms with E-state index in [0.717, 1.165) is 42.6 Å². The Hall–Kier alpha value is -0.0800. The molecule has 14 heavy (non-hydrogen) atoms. The highest BCUT2D eigenvalue weighted by Crippen LogP contribution is 2.82. The van der Waals surface area contributed by atoms with Crippen LogP contribution in [0.2, 0.25) is 0 Å². The molecule has 0 spiro atoms. The molecule has 0 amide bonds. The fraction of sp³-hybridized carbons (Fsp3) is 1.00. The number of hydrogen-bond acceptors (Lipinski definition) is 2. The molecule has 5 aliphatic carbocycles. The highest BCUT2D eigenvalue weighted by atomic mass is 16.5. The Morgan fingerprint density at radius 2 is 1.86 bits per heavy atom. The van der Waals surface area contributed by atoms with Gasteiger partial charge in [0.2, 0.25) is 0 Å². The van der Waals surface area contributed by atoms with Crippen molar-refractivity contribution in [2.75, 3.05) is 13.7 Å². The smallest absolute Gasteiger partial charge is 0.0605 e. The Morgan fingerprint density at radius 3 is 2.50 bits per heavy atom. The highest BCUT2D eigenvalue weighted by molar-refractivity contribution is 5.27. The molecule has 5 rings (SSSR count). The Balaban J connectivity index is 1.59. The van der Waals surface area contributed by atoms with E-state index < -0.39 is 0 Å². The molecule has 0 aromatic heterocycles. The van der Waals surface area contributed by atoms with Gasteiger partial charge in [0.1, 0.15) is 0 Å². The van der Waals surface area contributed by atoms with Crippen LogP contribution in [0.4, 0.5) is 0 Å². The number of ether oxygens (including phenoxy) is 1. The van der Waals surface area contributed by atoms with Gasteiger partial charge >= 0.3 is 0 Å². The first-order valence-electron chi connectivity index (χ1n) is 6.01. The van der Waals surface area contributed by atoms with Gasteiger partial charge in [0.25, 0.3) is 0 Å². The van der Waals surface area contributed by atoms with Crippen molar-refractivity contribution < 1.29 is 9.84 Å². The summed E-state index contributed by atoms with van der Waals surface area (Å²) in [6.07, 6.45) is 2.56. The minimum atomic E-state index is 0.0221. The van der Waals surface area contributed by atoms with Gasteiger partial charge in [0.15, 0.2) is 0 Å². The predicted molar refractivity (Wildman–Crippen MR) is 51.5 cm³/mol. The molecular weight excluding hydrogens is 176 g/mol. The van der Waals surface area contributed by atoms with E-state index in [4.69, 9.17) is 4.74 Å². The summed E-state index contributed by atoms with van der Waals surface area (Å²) in [5.41, 5.74) is 0. The third kappa shape index (κ3) is 0.674. The van der Waals surface area contributed by atoms with E-state index in [0.29, 0.717) is 11.8 Å². The maximum atomic E-state index is 10.2. The monoisotopic (exact) mass is 194 g/mol. The summed E-state index contributed by atoms with van der Waals surface area (Å²) < 4.78 is 5.15. The molecule has 0 aromatic carbocycles. The first-order chi connectivity index (χ1) is 6.84. The molecule has 0 saturated heterocycles. The van der Waals surface area contributed by atoms with Crippen LogP contribution in [-0.2, 0) is 4.74 Å². The zero-order valence-electron chi connectivity index (χ0n) is 8.60. The van der Waals surface area contributed by atoms with Crippen molar-refractivity contribution in [2.24, 2.45) is 41.4 Å². The normalized spacial score (nSPS) is 66.4. The average molecular weight is 194 g/mol. The van der Waals surface area contributed by atoms with Crippen molar-refractivity contribution in [3.8, 4) is 0 Å². The molecule has 2 nitrogen and oxygen atoms in total. The van der Waals surface area contributed by atoms with Crippen molar-refractivity contribution in [2.45, 2.75) is 18.9 Å². The molecular formula is C12H18O2. The molecule has 0 radical (unpaired) electrons. The van der Waals surface area contributed by atoms with E-state index in [1.165, 1.54) is 6.42 Å². The Morgan fingerprint density at radius 1 is 1.14 bits per heavy atom. The van der Waals surface area contributed by atoms with Gasteiger partial charge < -0.3 is 9.84 Å². The van der Waals surface area contributed by atoms with Gasteiger partial charge in [-0.1, -0.05) is 0 Å². The summed E-state index contributed by atoms with van der Waals surface area (Å²) in [6.45, 7) is 0.833. The van der Waals surface area contributed by atoms with Crippen LogP contribution >= 0.6 is 0 Å². The molecule has 8 atom stereocenters. The maximum absolute atomic E-state index is 10.2. The van der Waals surface area contributed by atoms with Crippen molar-refractivity contribution >= 4 is 0 Å². The highest BCUT2D eigenvalue weighted by Gasteiger charge is 2.79. The number of hydrogen-bond donors (Lipinski definition) is 1. The maximum Gasteiger partial charge on any atom is 0.0605 e. The number of rotatable bonds is 3. The minimum absolute atomic E-state index is 0.0221. The summed E-state index contributed by atoms with van der Waals surface area (Å²) in [5, 5.41) is 10.2. The number of methoxy groups -OCH3 is 1. The van der Waals surface area contributed by atoms with Gasteiger partial charge in [-0.25, -0.2) is 0 Å².